The Kier molecular flexibility index (Phi) is 6.36. The van der Waals surface area contributed by atoms with Crippen molar-refractivity contribution in [1.29, 1.82) is 0 Å². The van der Waals surface area contributed by atoms with Crippen LogP contribution in [0.5, 0.6) is 5.88 Å². The molecule has 1 aromatic rings. The van der Waals surface area contributed by atoms with Crippen LogP contribution in [0, 0.1) is 12.3 Å². The number of carbonyl (C=O) groups is 2. The molecular weight excluding hydrogens is 442 g/mol. The zero-order valence-corrected chi connectivity index (χ0v) is 19.9. The topological polar surface area (TPSA) is 111 Å². The van der Waals surface area contributed by atoms with Crippen molar-refractivity contribution in [2.45, 2.75) is 63.5 Å². The molecule has 3 fully saturated rings. The minimum Gasteiger partial charge on any atom is -0.480 e. The maximum Gasteiger partial charge on any atom is 0.411 e. The summed E-state index contributed by atoms with van der Waals surface area (Å²) in [6, 6.07) is 0.777. The van der Waals surface area contributed by atoms with Crippen molar-refractivity contribution in [3.8, 4) is 18.2 Å². The van der Waals surface area contributed by atoms with Gasteiger partial charge >= 0.3 is 12.1 Å². The number of aliphatic carboxylic acids is 1. The van der Waals surface area contributed by atoms with Gasteiger partial charge in [-0.05, 0) is 33.8 Å². The number of anilines is 1. The molecule has 0 unspecified atom stereocenters. The first-order valence-electron chi connectivity index (χ1n) is 11.4. The number of terminal acetylenes is 1. The van der Waals surface area contributed by atoms with Crippen LogP contribution < -0.4 is 9.64 Å². The molecule has 0 aliphatic carbocycles. The predicted octanol–water partition coefficient (Wildman–Crippen LogP) is 1.90. The van der Waals surface area contributed by atoms with Crippen LogP contribution in [0.25, 0.3) is 0 Å². The molecular formula is C24H31N3O7. The molecule has 1 spiro atoms. The van der Waals surface area contributed by atoms with E-state index in [0.717, 1.165) is 0 Å². The molecule has 3 saturated heterocycles. The van der Waals surface area contributed by atoms with Gasteiger partial charge in [0, 0.05) is 24.7 Å². The molecule has 4 heterocycles. The Bertz CT molecular complexity index is 995. The minimum atomic E-state index is -1.11. The molecule has 1 amide bonds. The molecule has 3 aliphatic rings. The molecule has 10 heteroatoms. The first-order valence-corrected chi connectivity index (χ1v) is 11.4. The Balaban J connectivity index is 1.57. The van der Waals surface area contributed by atoms with Crippen LogP contribution in [0.2, 0.25) is 0 Å². The van der Waals surface area contributed by atoms with Crippen LogP contribution >= 0.6 is 0 Å². The maximum atomic E-state index is 12.6. The van der Waals surface area contributed by atoms with E-state index in [2.05, 4.69) is 22.7 Å². The van der Waals surface area contributed by atoms with E-state index in [9.17, 15) is 14.7 Å². The molecule has 1 N–H and O–H groups in total. The third kappa shape index (κ3) is 4.63. The number of aromatic nitrogens is 1. The zero-order valence-electron chi connectivity index (χ0n) is 19.9. The monoisotopic (exact) mass is 473 g/mol. The van der Waals surface area contributed by atoms with Crippen molar-refractivity contribution in [2.75, 3.05) is 37.8 Å². The Morgan fingerprint density at radius 2 is 2.09 bits per heavy atom. The second-order valence-corrected chi connectivity index (χ2v) is 9.93. The van der Waals surface area contributed by atoms with E-state index in [1.54, 1.807) is 27.0 Å². The number of ether oxygens (including phenoxy) is 4. The van der Waals surface area contributed by atoms with E-state index < -0.39 is 35.4 Å². The lowest BCUT2D eigenvalue weighted by Crippen LogP contribution is -2.68. The van der Waals surface area contributed by atoms with Gasteiger partial charge in [-0.3, -0.25) is 4.90 Å². The normalized spacial score (nSPS) is 26.0. The summed E-state index contributed by atoms with van der Waals surface area (Å²) in [7, 11) is 0. The number of likely N-dealkylation sites (tertiary alicyclic amines) is 1. The number of rotatable bonds is 4. The number of morpholine rings is 1. The predicted molar refractivity (Wildman–Crippen MR) is 122 cm³/mol. The second-order valence-electron chi connectivity index (χ2n) is 9.93. The van der Waals surface area contributed by atoms with Crippen molar-refractivity contribution in [1.82, 2.24) is 9.88 Å². The Morgan fingerprint density at radius 1 is 1.35 bits per heavy atom. The SMILES string of the molecule is C#Cc1cnc(O[C@H]2C[C@@H](C(=O)O)N(C(=O)OC(C)(C)C)C2)c(N2CCOC3(COC3)[C@H]2C)c1. The molecule has 184 valence electrons. The second kappa shape index (κ2) is 8.96. The summed E-state index contributed by atoms with van der Waals surface area (Å²) in [5, 5.41) is 9.69. The number of amides is 1. The summed E-state index contributed by atoms with van der Waals surface area (Å²) in [4.78, 5) is 32.3. The number of carbonyl (C=O) groups excluding carboxylic acids is 1. The van der Waals surface area contributed by atoms with Crippen molar-refractivity contribution >= 4 is 17.7 Å². The average Bonchev–Trinajstić information content (AvgIpc) is 3.16. The fourth-order valence-electron chi connectivity index (χ4n) is 4.52. The summed E-state index contributed by atoms with van der Waals surface area (Å²) < 4.78 is 23.1. The van der Waals surface area contributed by atoms with E-state index in [0.29, 0.717) is 43.5 Å². The number of carboxylic acids is 1. The van der Waals surface area contributed by atoms with Gasteiger partial charge in [0.15, 0.2) is 0 Å². The smallest absolute Gasteiger partial charge is 0.411 e. The number of nitrogens with zero attached hydrogens (tertiary/aromatic N) is 3. The van der Waals surface area contributed by atoms with Gasteiger partial charge in [0.25, 0.3) is 0 Å². The molecule has 0 aromatic carbocycles. The number of carboxylic acid groups (broad SMARTS) is 1. The third-order valence-corrected chi connectivity index (χ3v) is 6.41. The molecule has 4 rings (SSSR count). The molecule has 1 aromatic heterocycles. The lowest BCUT2D eigenvalue weighted by molar-refractivity contribution is -0.228. The summed E-state index contributed by atoms with van der Waals surface area (Å²) in [6.07, 6.45) is 6.02. The zero-order chi connectivity index (χ0) is 24.7. The van der Waals surface area contributed by atoms with Crippen LogP contribution in [-0.2, 0) is 19.0 Å². The highest BCUT2D eigenvalue weighted by Crippen LogP contribution is 2.39. The van der Waals surface area contributed by atoms with Crippen molar-refractivity contribution < 1.29 is 33.6 Å². The first-order chi connectivity index (χ1) is 16.0. The number of hydrogen-bond acceptors (Lipinski definition) is 8. The number of pyridine rings is 1. The molecule has 0 saturated carbocycles. The molecule has 0 radical (unpaired) electrons. The number of hydrogen-bond donors (Lipinski definition) is 1. The van der Waals surface area contributed by atoms with Gasteiger partial charge in [-0.2, -0.15) is 0 Å². The third-order valence-electron chi connectivity index (χ3n) is 6.41. The van der Waals surface area contributed by atoms with Crippen LogP contribution in [0.15, 0.2) is 12.3 Å². The largest absolute Gasteiger partial charge is 0.480 e. The van der Waals surface area contributed by atoms with E-state index in [1.807, 2.05) is 6.07 Å². The highest BCUT2D eigenvalue weighted by molar-refractivity contribution is 5.81. The van der Waals surface area contributed by atoms with Crippen LogP contribution in [0.3, 0.4) is 0 Å². The van der Waals surface area contributed by atoms with Crippen LogP contribution in [0.4, 0.5) is 10.5 Å². The average molecular weight is 474 g/mol. The highest BCUT2D eigenvalue weighted by Gasteiger charge is 2.50. The summed E-state index contributed by atoms with van der Waals surface area (Å²) in [5.74, 6) is 1.84. The van der Waals surface area contributed by atoms with E-state index >= 15 is 0 Å². The van der Waals surface area contributed by atoms with Gasteiger partial charge < -0.3 is 29.0 Å². The lowest BCUT2D eigenvalue weighted by Gasteiger charge is -2.53. The van der Waals surface area contributed by atoms with Gasteiger partial charge in [-0.25, -0.2) is 14.6 Å². The lowest BCUT2D eigenvalue weighted by atomic mass is 9.90. The van der Waals surface area contributed by atoms with Gasteiger partial charge in [-0.15, -0.1) is 6.42 Å². The van der Waals surface area contributed by atoms with Crippen molar-refractivity contribution in [2.24, 2.45) is 0 Å². The van der Waals surface area contributed by atoms with E-state index in [1.165, 1.54) is 4.90 Å². The Morgan fingerprint density at radius 3 is 2.68 bits per heavy atom. The van der Waals surface area contributed by atoms with Gasteiger partial charge in [0.1, 0.15) is 29.0 Å². The minimum absolute atomic E-state index is 0.0132. The van der Waals surface area contributed by atoms with Crippen molar-refractivity contribution in [3.05, 3.63) is 17.8 Å². The molecule has 3 atom stereocenters. The van der Waals surface area contributed by atoms with Gasteiger partial charge in [0.2, 0.25) is 5.88 Å². The van der Waals surface area contributed by atoms with Gasteiger partial charge in [-0.1, -0.05) is 5.92 Å². The quantitative estimate of drug-likeness (QED) is 0.656. The molecule has 34 heavy (non-hydrogen) atoms. The summed E-state index contributed by atoms with van der Waals surface area (Å²) >= 11 is 0. The van der Waals surface area contributed by atoms with E-state index in [-0.39, 0.29) is 19.0 Å². The highest BCUT2D eigenvalue weighted by atomic mass is 16.6. The standard InChI is InChI=1S/C24H31N3O7/c1-6-16-9-18(26-7-8-32-24(15(26)2)13-31-14-24)20(25-11-16)33-17-10-19(21(28)29)27(12-17)22(30)34-23(3,4)5/h1,9,11,15,17,19H,7-8,10,12-14H2,2-5H3,(H,28,29)/t15-,17+,19+/m1/s1. The van der Waals surface area contributed by atoms with Crippen LogP contribution in [0.1, 0.15) is 39.7 Å². The summed E-state index contributed by atoms with van der Waals surface area (Å²) in [5.41, 5.74) is 0.175. The fourth-order valence-corrected chi connectivity index (χ4v) is 4.52. The fraction of sp³-hybridized carbons (Fsp3) is 0.625. The Labute approximate surface area is 199 Å². The Hall–Kier alpha value is -3.03. The summed E-state index contributed by atoms with van der Waals surface area (Å²) in [6.45, 7) is 9.49. The van der Waals surface area contributed by atoms with Crippen molar-refractivity contribution in [3.63, 3.8) is 0 Å². The molecule has 10 nitrogen and oxygen atoms in total. The molecule has 3 aliphatic heterocycles. The van der Waals surface area contributed by atoms with E-state index in [4.69, 9.17) is 25.4 Å². The maximum absolute atomic E-state index is 12.6. The molecule has 0 bridgehead atoms. The van der Waals surface area contributed by atoms with Crippen LogP contribution in [-0.4, -0.2) is 89.4 Å². The first kappa shape index (κ1) is 24.1. The van der Waals surface area contributed by atoms with Gasteiger partial charge in [0.05, 0.1) is 32.4 Å².